The highest BCUT2D eigenvalue weighted by Crippen LogP contribution is 2.23. The van der Waals surface area contributed by atoms with Crippen LogP contribution in [0.15, 0.2) is 36.9 Å². The van der Waals surface area contributed by atoms with E-state index < -0.39 is 0 Å². The number of imidazole rings is 1. The molecule has 1 saturated heterocycles. The summed E-state index contributed by atoms with van der Waals surface area (Å²) in [7, 11) is 1.66. The molecule has 0 N–H and O–H groups in total. The standard InChI is InChI=1S/C18H23N3O2/c1-14-5-6-15(10-17(14)23-2)11-18(22)20-8-3-4-16(12-20)21-9-7-19-13-21/h5-7,9-10,13,16H,3-4,8,11-12H2,1-2H3/t16-/m0/s1. The van der Waals surface area contributed by atoms with Gasteiger partial charge in [-0.15, -0.1) is 0 Å². The molecule has 0 saturated carbocycles. The molecule has 1 aliphatic heterocycles. The fourth-order valence-corrected chi connectivity index (χ4v) is 3.17. The number of carbonyl (C=O) groups is 1. The van der Waals surface area contributed by atoms with Crippen molar-refractivity contribution in [2.75, 3.05) is 20.2 Å². The Morgan fingerprint density at radius 2 is 2.30 bits per heavy atom. The number of hydrogen-bond acceptors (Lipinski definition) is 3. The summed E-state index contributed by atoms with van der Waals surface area (Å²) in [5.74, 6) is 1.02. The zero-order chi connectivity index (χ0) is 16.2. The zero-order valence-electron chi connectivity index (χ0n) is 13.7. The van der Waals surface area contributed by atoms with E-state index in [2.05, 4.69) is 9.55 Å². The van der Waals surface area contributed by atoms with Crippen molar-refractivity contribution in [3.8, 4) is 5.75 Å². The van der Waals surface area contributed by atoms with Gasteiger partial charge in [0.05, 0.1) is 25.9 Å². The number of carbonyl (C=O) groups excluding carboxylic acids is 1. The Kier molecular flexibility index (Phi) is 4.65. The van der Waals surface area contributed by atoms with Crippen molar-refractivity contribution in [1.29, 1.82) is 0 Å². The minimum atomic E-state index is 0.181. The highest BCUT2D eigenvalue weighted by molar-refractivity contribution is 5.79. The van der Waals surface area contributed by atoms with E-state index in [-0.39, 0.29) is 5.91 Å². The lowest BCUT2D eigenvalue weighted by atomic mass is 10.0. The molecule has 2 heterocycles. The normalized spacial score (nSPS) is 18.0. The second kappa shape index (κ2) is 6.86. The summed E-state index contributed by atoms with van der Waals surface area (Å²) in [4.78, 5) is 18.7. The smallest absolute Gasteiger partial charge is 0.227 e. The number of aryl methyl sites for hydroxylation is 1. The van der Waals surface area contributed by atoms with Crippen molar-refractivity contribution in [3.05, 3.63) is 48.0 Å². The third-order valence-electron chi connectivity index (χ3n) is 4.52. The van der Waals surface area contributed by atoms with Crippen molar-refractivity contribution >= 4 is 5.91 Å². The number of nitrogens with zero attached hydrogens (tertiary/aromatic N) is 3. The minimum Gasteiger partial charge on any atom is -0.496 e. The van der Waals surface area contributed by atoms with Gasteiger partial charge in [-0.2, -0.15) is 0 Å². The van der Waals surface area contributed by atoms with E-state index in [0.717, 1.165) is 42.8 Å². The van der Waals surface area contributed by atoms with E-state index in [4.69, 9.17) is 4.74 Å². The molecule has 0 bridgehead atoms. The molecule has 1 atom stereocenters. The fraction of sp³-hybridized carbons (Fsp3) is 0.444. The van der Waals surface area contributed by atoms with Crippen LogP contribution in [0.2, 0.25) is 0 Å². The SMILES string of the molecule is COc1cc(CC(=O)N2CCC[C@H](n3ccnc3)C2)ccc1C. The van der Waals surface area contributed by atoms with Crippen LogP contribution in [0.3, 0.4) is 0 Å². The van der Waals surface area contributed by atoms with Crippen LogP contribution in [-0.2, 0) is 11.2 Å². The van der Waals surface area contributed by atoms with Crippen LogP contribution in [0.5, 0.6) is 5.75 Å². The van der Waals surface area contributed by atoms with Gasteiger partial charge in [-0.3, -0.25) is 4.79 Å². The topological polar surface area (TPSA) is 47.4 Å². The van der Waals surface area contributed by atoms with Crippen LogP contribution in [0.25, 0.3) is 0 Å². The van der Waals surface area contributed by atoms with Crippen LogP contribution >= 0.6 is 0 Å². The number of benzene rings is 1. The third kappa shape index (κ3) is 3.55. The van der Waals surface area contributed by atoms with Crippen LogP contribution in [0.4, 0.5) is 0 Å². The van der Waals surface area contributed by atoms with Gasteiger partial charge in [-0.05, 0) is 37.0 Å². The Morgan fingerprint density at radius 3 is 3.04 bits per heavy atom. The monoisotopic (exact) mass is 313 g/mol. The highest BCUT2D eigenvalue weighted by atomic mass is 16.5. The molecule has 1 aromatic heterocycles. The predicted molar refractivity (Wildman–Crippen MR) is 88.5 cm³/mol. The first-order chi connectivity index (χ1) is 11.2. The molecule has 1 aliphatic rings. The largest absolute Gasteiger partial charge is 0.496 e. The third-order valence-corrected chi connectivity index (χ3v) is 4.52. The first-order valence-electron chi connectivity index (χ1n) is 8.06. The van der Waals surface area contributed by atoms with E-state index in [0.29, 0.717) is 12.5 Å². The molecule has 0 radical (unpaired) electrons. The number of ether oxygens (including phenoxy) is 1. The molecule has 3 rings (SSSR count). The van der Waals surface area contributed by atoms with Crippen LogP contribution < -0.4 is 4.74 Å². The number of rotatable bonds is 4. The predicted octanol–water partition coefficient (Wildman–Crippen LogP) is 2.61. The number of amides is 1. The second-order valence-corrected chi connectivity index (χ2v) is 6.13. The summed E-state index contributed by atoms with van der Waals surface area (Å²) in [5, 5.41) is 0. The molecule has 1 amide bonds. The average molecular weight is 313 g/mol. The summed E-state index contributed by atoms with van der Waals surface area (Å²) in [6.45, 7) is 3.61. The van der Waals surface area contributed by atoms with Crippen molar-refractivity contribution in [3.63, 3.8) is 0 Å². The molecule has 1 fully saturated rings. The van der Waals surface area contributed by atoms with Crippen LogP contribution in [0.1, 0.15) is 30.0 Å². The Labute approximate surface area is 136 Å². The minimum absolute atomic E-state index is 0.181. The van der Waals surface area contributed by atoms with E-state index in [9.17, 15) is 4.79 Å². The van der Waals surface area contributed by atoms with Gasteiger partial charge in [0.1, 0.15) is 5.75 Å². The first-order valence-corrected chi connectivity index (χ1v) is 8.06. The molecule has 2 aromatic rings. The quantitative estimate of drug-likeness (QED) is 0.872. The molecule has 0 unspecified atom stereocenters. The lowest BCUT2D eigenvalue weighted by molar-refractivity contribution is -0.132. The average Bonchev–Trinajstić information content (AvgIpc) is 3.11. The summed E-state index contributed by atoms with van der Waals surface area (Å²) in [6, 6.07) is 6.31. The molecular formula is C18H23N3O2. The molecule has 1 aromatic carbocycles. The van der Waals surface area contributed by atoms with Gasteiger partial charge in [0.25, 0.3) is 0 Å². The van der Waals surface area contributed by atoms with Gasteiger partial charge < -0.3 is 14.2 Å². The molecule has 23 heavy (non-hydrogen) atoms. The fourth-order valence-electron chi connectivity index (χ4n) is 3.17. The second-order valence-electron chi connectivity index (χ2n) is 6.13. The number of methoxy groups -OCH3 is 1. The number of hydrogen-bond donors (Lipinski definition) is 0. The van der Waals surface area contributed by atoms with Crippen molar-refractivity contribution in [2.45, 2.75) is 32.2 Å². The summed E-state index contributed by atoms with van der Waals surface area (Å²) in [6.07, 6.45) is 8.16. The summed E-state index contributed by atoms with van der Waals surface area (Å²) in [5.41, 5.74) is 2.09. The molecule has 5 heteroatoms. The molecule has 122 valence electrons. The molecule has 0 spiro atoms. The highest BCUT2D eigenvalue weighted by Gasteiger charge is 2.24. The van der Waals surface area contributed by atoms with Gasteiger partial charge in [-0.25, -0.2) is 4.98 Å². The van der Waals surface area contributed by atoms with E-state index in [1.54, 1.807) is 13.3 Å². The zero-order valence-corrected chi connectivity index (χ0v) is 13.7. The van der Waals surface area contributed by atoms with Crippen molar-refractivity contribution in [2.24, 2.45) is 0 Å². The molecular weight excluding hydrogens is 290 g/mol. The first kappa shape index (κ1) is 15.6. The lowest BCUT2D eigenvalue weighted by Crippen LogP contribution is -2.41. The number of piperidine rings is 1. The van der Waals surface area contributed by atoms with Crippen molar-refractivity contribution in [1.82, 2.24) is 14.5 Å². The Morgan fingerprint density at radius 1 is 1.43 bits per heavy atom. The molecule has 5 nitrogen and oxygen atoms in total. The van der Waals surface area contributed by atoms with Crippen LogP contribution in [0, 0.1) is 6.92 Å². The van der Waals surface area contributed by atoms with Gasteiger partial charge in [-0.1, -0.05) is 12.1 Å². The van der Waals surface area contributed by atoms with Crippen LogP contribution in [-0.4, -0.2) is 40.6 Å². The van der Waals surface area contributed by atoms with E-state index in [1.807, 2.05) is 42.5 Å². The molecule has 0 aliphatic carbocycles. The van der Waals surface area contributed by atoms with Gasteiger partial charge in [0.2, 0.25) is 5.91 Å². The van der Waals surface area contributed by atoms with Crippen molar-refractivity contribution < 1.29 is 9.53 Å². The van der Waals surface area contributed by atoms with E-state index in [1.165, 1.54) is 0 Å². The maximum absolute atomic E-state index is 12.6. The maximum atomic E-state index is 12.6. The lowest BCUT2D eigenvalue weighted by Gasteiger charge is -2.33. The van der Waals surface area contributed by atoms with Gasteiger partial charge in [0, 0.05) is 25.5 Å². The number of likely N-dealkylation sites (tertiary alicyclic amines) is 1. The maximum Gasteiger partial charge on any atom is 0.227 e. The summed E-state index contributed by atoms with van der Waals surface area (Å²) >= 11 is 0. The Hall–Kier alpha value is -2.30. The number of aromatic nitrogens is 2. The Bertz CT molecular complexity index is 667. The summed E-state index contributed by atoms with van der Waals surface area (Å²) < 4.78 is 7.45. The van der Waals surface area contributed by atoms with E-state index >= 15 is 0 Å². The Balaban J connectivity index is 1.66. The van der Waals surface area contributed by atoms with Gasteiger partial charge in [0.15, 0.2) is 0 Å². The van der Waals surface area contributed by atoms with Gasteiger partial charge >= 0.3 is 0 Å².